The molecule has 0 aliphatic heterocycles. The van der Waals surface area contributed by atoms with Crippen molar-refractivity contribution in [3.8, 4) is 11.5 Å². The maximum absolute atomic E-state index is 12.9. The minimum absolute atomic E-state index is 0.152. The molecule has 1 amide bonds. The third-order valence-corrected chi connectivity index (χ3v) is 7.84. The van der Waals surface area contributed by atoms with Crippen LogP contribution in [0.15, 0.2) is 18.2 Å². The Morgan fingerprint density at radius 3 is 1.39 bits per heavy atom. The minimum atomic E-state index is -0.152. The van der Waals surface area contributed by atoms with Crippen LogP contribution in [0, 0.1) is 0 Å². The topological polar surface area (TPSA) is 92.0 Å². The summed E-state index contributed by atoms with van der Waals surface area (Å²) in [6, 6.07) is 5.56. The average molecular weight is 621 g/mol. The van der Waals surface area contributed by atoms with Crippen molar-refractivity contribution in [3.63, 3.8) is 0 Å². The van der Waals surface area contributed by atoms with Gasteiger partial charge in [0, 0.05) is 24.7 Å². The number of hydrogen-bond donors (Lipinski definition) is 2. The summed E-state index contributed by atoms with van der Waals surface area (Å²) in [6.07, 6.45) is 25.8. The van der Waals surface area contributed by atoms with Gasteiger partial charge in [-0.15, -0.1) is 0 Å². The zero-order valence-corrected chi connectivity index (χ0v) is 28.6. The van der Waals surface area contributed by atoms with Gasteiger partial charge in [-0.3, -0.25) is 4.79 Å². The van der Waals surface area contributed by atoms with Crippen LogP contribution in [0.5, 0.6) is 11.5 Å². The van der Waals surface area contributed by atoms with E-state index in [4.69, 9.17) is 24.7 Å². The quantitative estimate of drug-likeness (QED) is 0.0762. The van der Waals surface area contributed by atoms with E-state index >= 15 is 0 Å². The van der Waals surface area contributed by atoms with Crippen LogP contribution < -0.4 is 20.5 Å². The van der Waals surface area contributed by atoms with E-state index in [1.54, 1.807) is 0 Å². The first-order valence-electron chi connectivity index (χ1n) is 18.3. The Balaban J connectivity index is 2.43. The summed E-state index contributed by atoms with van der Waals surface area (Å²) < 4.78 is 23.0. The van der Waals surface area contributed by atoms with E-state index < -0.39 is 0 Å². The molecule has 7 nitrogen and oxygen atoms in total. The van der Waals surface area contributed by atoms with E-state index in [2.05, 4.69) is 19.2 Å². The highest BCUT2D eigenvalue weighted by Crippen LogP contribution is 2.24. The first-order chi connectivity index (χ1) is 21.7. The SMILES string of the molecule is CCCCCCCCCCCCOc1cc(OCCCCCCCCCCCC)cc(C(=O)NCCOCCOCCN)c1. The van der Waals surface area contributed by atoms with Gasteiger partial charge in [0.15, 0.2) is 0 Å². The van der Waals surface area contributed by atoms with Crippen LogP contribution in [-0.2, 0) is 9.47 Å². The van der Waals surface area contributed by atoms with Gasteiger partial charge in [-0.05, 0) is 25.0 Å². The summed E-state index contributed by atoms with van der Waals surface area (Å²) in [6.45, 7) is 8.70. The minimum Gasteiger partial charge on any atom is -0.493 e. The predicted molar refractivity (Wildman–Crippen MR) is 184 cm³/mol. The van der Waals surface area contributed by atoms with Crippen molar-refractivity contribution in [2.24, 2.45) is 5.73 Å². The predicted octanol–water partition coefficient (Wildman–Crippen LogP) is 9.01. The zero-order chi connectivity index (χ0) is 31.8. The fourth-order valence-electron chi connectivity index (χ4n) is 5.17. The molecule has 1 aromatic carbocycles. The number of ether oxygens (including phenoxy) is 4. The molecule has 0 aliphatic rings. The summed E-state index contributed by atoms with van der Waals surface area (Å²) >= 11 is 0. The highest BCUT2D eigenvalue weighted by atomic mass is 16.5. The molecule has 44 heavy (non-hydrogen) atoms. The Hall–Kier alpha value is -1.83. The lowest BCUT2D eigenvalue weighted by atomic mass is 10.1. The standard InChI is InChI=1S/C37H68N2O5/c1-3-5-7-9-11-13-15-17-19-21-25-43-35-31-34(37(40)39-24-28-42-30-29-41-27-23-38)32-36(33-35)44-26-22-20-18-16-14-12-10-8-6-4-2/h31-33H,3-30,38H2,1-2H3,(H,39,40). The molecule has 0 saturated carbocycles. The van der Waals surface area contributed by atoms with Gasteiger partial charge in [0.05, 0.1) is 39.6 Å². The molecule has 1 rings (SSSR count). The Labute approximate surface area is 270 Å². The fourth-order valence-corrected chi connectivity index (χ4v) is 5.17. The van der Waals surface area contributed by atoms with Crippen LogP contribution in [0.3, 0.4) is 0 Å². The van der Waals surface area contributed by atoms with Crippen molar-refractivity contribution in [1.82, 2.24) is 5.32 Å². The largest absolute Gasteiger partial charge is 0.493 e. The lowest BCUT2D eigenvalue weighted by Crippen LogP contribution is -2.27. The summed E-state index contributed by atoms with van der Waals surface area (Å²) in [5.41, 5.74) is 5.96. The molecule has 0 fully saturated rings. The molecular formula is C37H68N2O5. The number of nitrogens with two attached hydrogens (primary N) is 1. The highest BCUT2D eigenvalue weighted by Gasteiger charge is 2.11. The van der Waals surface area contributed by atoms with Crippen LogP contribution in [0.25, 0.3) is 0 Å². The van der Waals surface area contributed by atoms with Gasteiger partial charge in [-0.1, -0.05) is 129 Å². The number of amides is 1. The van der Waals surface area contributed by atoms with Crippen molar-refractivity contribution in [3.05, 3.63) is 23.8 Å². The van der Waals surface area contributed by atoms with Gasteiger partial charge >= 0.3 is 0 Å². The number of benzene rings is 1. The molecule has 0 heterocycles. The van der Waals surface area contributed by atoms with E-state index in [-0.39, 0.29) is 5.91 Å². The summed E-state index contributed by atoms with van der Waals surface area (Å²) in [5, 5.41) is 2.94. The second-order valence-electron chi connectivity index (χ2n) is 12.0. The second-order valence-corrected chi connectivity index (χ2v) is 12.0. The molecular weight excluding hydrogens is 552 g/mol. The van der Waals surface area contributed by atoms with Crippen LogP contribution in [-0.4, -0.2) is 58.6 Å². The molecule has 0 bridgehead atoms. The molecule has 0 atom stereocenters. The first-order valence-corrected chi connectivity index (χ1v) is 18.3. The second kappa shape index (κ2) is 31.2. The molecule has 0 unspecified atom stereocenters. The Morgan fingerprint density at radius 2 is 0.955 bits per heavy atom. The van der Waals surface area contributed by atoms with Crippen molar-refractivity contribution >= 4 is 5.91 Å². The molecule has 0 aliphatic carbocycles. The van der Waals surface area contributed by atoms with Crippen LogP contribution in [0.4, 0.5) is 0 Å². The van der Waals surface area contributed by atoms with Gasteiger partial charge in [-0.25, -0.2) is 0 Å². The van der Waals surface area contributed by atoms with Crippen LogP contribution in [0.1, 0.15) is 153 Å². The summed E-state index contributed by atoms with van der Waals surface area (Å²) in [4.78, 5) is 12.9. The highest BCUT2D eigenvalue weighted by molar-refractivity contribution is 5.95. The zero-order valence-electron chi connectivity index (χ0n) is 28.6. The summed E-state index contributed by atoms with van der Waals surface area (Å²) in [7, 11) is 0. The van der Waals surface area contributed by atoms with Gasteiger partial charge in [0.1, 0.15) is 11.5 Å². The molecule has 256 valence electrons. The lowest BCUT2D eigenvalue weighted by Gasteiger charge is -2.13. The van der Waals surface area contributed by atoms with E-state index in [0.29, 0.717) is 69.8 Å². The van der Waals surface area contributed by atoms with Gasteiger partial charge in [-0.2, -0.15) is 0 Å². The number of hydrogen-bond acceptors (Lipinski definition) is 6. The first kappa shape index (κ1) is 40.2. The fraction of sp³-hybridized carbons (Fsp3) is 0.811. The maximum atomic E-state index is 12.9. The monoisotopic (exact) mass is 621 g/mol. The Bertz CT molecular complexity index is 732. The van der Waals surface area contributed by atoms with Crippen molar-refractivity contribution in [2.75, 3.05) is 52.7 Å². The van der Waals surface area contributed by atoms with E-state index in [0.717, 1.165) is 12.8 Å². The maximum Gasteiger partial charge on any atom is 0.251 e. The lowest BCUT2D eigenvalue weighted by molar-refractivity contribution is 0.0511. The number of carbonyl (C=O) groups is 1. The molecule has 1 aromatic rings. The van der Waals surface area contributed by atoms with E-state index in [9.17, 15) is 4.79 Å². The third-order valence-electron chi connectivity index (χ3n) is 7.84. The molecule has 0 spiro atoms. The summed E-state index contributed by atoms with van der Waals surface area (Å²) in [5.74, 6) is 1.24. The normalized spacial score (nSPS) is 11.2. The molecule has 0 radical (unpaired) electrons. The number of rotatable bonds is 33. The van der Waals surface area contributed by atoms with Gasteiger partial charge in [0.2, 0.25) is 0 Å². The smallest absolute Gasteiger partial charge is 0.251 e. The average Bonchev–Trinajstić information content (AvgIpc) is 3.03. The molecule has 3 N–H and O–H groups in total. The third kappa shape index (κ3) is 24.5. The molecule has 7 heteroatoms. The number of nitrogens with one attached hydrogen (secondary N) is 1. The van der Waals surface area contributed by atoms with Crippen LogP contribution in [0.2, 0.25) is 0 Å². The van der Waals surface area contributed by atoms with Crippen LogP contribution >= 0.6 is 0 Å². The number of carbonyl (C=O) groups excluding carboxylic acids is 1. The molecule has 0 aromatic heterocycles. The Kier molecular flexibility index (Phi) is 28.5. The van der Waals surface area contributed by atoms with E-state index in [1.807, 2.05) is 18.2 Å². The number of unbranched alkanes of at least 4 members (excludes halogenated alkanes) is 18. The van der Waals surface area contributed by atoms with Crippen molar-refractivity contribution in [2.45, 2.75) is 142 Å². The Morgan fingerprint density at radius 1 is 0.545 bits per heavy atom. The van der Waals surface area contributed by atoms with Gasteiger partial charge < -0.3 is 30.0 Å². The van der Waals surface area contributed by atoms with Crippen molar-refractivity contribution in [1.29, 1.82) is 0 Å². The van der Waals surface area contributed by atoms with Crippen molar-refractivity contribution < 1.29 is 23.7 Å². The van der Waals surface area contributed by atoms with Gasteiger partial charge in [0.25, 0.3) is 5.91 Å². The van der Waals surface area contributed by atoms with E-state index in [1.165, 1.54) is 116 Å². The molecule has 0 saturated heterocycles.